The van der Waals surface area contributed by atoms with Crippen LogP contribution in [0.4, 0.5) is 0 Å². The predicted molar refractivity (Wildman–Crippen MR) is 78.3 cm³/mol. The van der Waals surface area contributed by atoms with Gasteiger partial charge in [-0.3, -0.25) is 0 Å². The van der Waals surface area contributed by atoms with Crippen LogP contribution in [0.3, 0.4) is 0 Å². The summed E-state index contributed by atoms with van der Waals surface area (Å²) in [5.74, 6) is 1.05. The largest absolute Gasteiger partial charge is 0.493 e. The van der Waals surface area contributed by atoms with Gasteiger partial charge in [-0.25, -0.2) is 0 Å². The first-order valence-electron chi connectivity index (χ1n) is 6.81. The first-order valence-corrected chi connectivity index (χ1v) is 6.81. The molecule has 1 N–H and O–H groups in total. The fourth-order valence-electron chi connectivity index (χ4n) is 1.94. The molecular weight excluding hydrogens is 222 g/mol. The zero-order chi connectivity index (χ0) is 13.8. The molecule has 1 aromatic carbocycles. The van der Waals surface area contributed by atoms with Gasteiger partial charge in [-0.15, -0.1) is 0 Å². The summed E-state index contributed by atoms with van der Waals surface area (Å²) in [5.41, 5.74) is 3.94. The molecule has 0 heterocycles. The summed E-state index contributed by atoms with van der Waals surface area (Å²) in [7, 11) is 0. The summed E-state index contributed by atoms with van der Waals surface area (Å²) in [6.45, 7) is 14.6. The van der Waals surface area contributed by atoms with E-state index in [0.29, 0.717) is 0 Å². The number of ether oxygens (including phenoxy) is 1. The third-order valence-electron chi connectivity index (χ3n) is 2.79. The molecule has 0 atom stereocenters. The summed E-state index contributed by atoms with van der Waals surface area (Å²) in [4.78, 5) is 0. The lowest BCUT2D eigenvalue weighted by molar-refractivity contribution is 0.313. The Balaban J connectivity index is 2.79. The molecular formula is C16H27NO. The third kappa shape index (κ3) is 4.69. The van der Waals surface area contributed by atoms with Gasteiger partial charge in [0.05, 0.1) is 6.61 Å². The minimum Gasteiger partial charge on any atom is -0.493 e. The van der Waals surface area contributed by atoms with E-state index in [4.69, 9.17) is 4.74 Å². The predicted octanol–water partition coefficient (Wildman–Crippen LogP) is 3.98. The van der Waals surface area contributed by atoms with Gasteiger partial charge in [0.2, 0.25) is 0 Å². The van der Waals surface area contributed by atoms with Gasteiger partial charge >= 0.3 is 0 Å². The Morgan fingerprint density at radius 3 is 2.11 bits per heavy atom. The molecule has 0 radical (unpaired) electrons. The van der Waals surface area contributed by atoms with Crippen molar-refractivity contribution in [1.82, 2.24) is 5.32 Å². The molecule has 1 aromatic rings. The molecule has 1 rings (SSSR count). The Morgan fingerprint density at radius 2 is 1.67 bits per heavy atom. The summed E-state index contributed by atoms with van der Waals surface area (Å²) in [6, 6.07) is 4.44. The molecule has 0 aliphatic heterocycles. The molecule has 2 nitrogen and oxygen atoms in total. The van der Waals surface area contributed by atoms with Crippen LogP contribution in [0.2, 0.25) is 0 Å². The molecule has 0 unspecified atom stereocenters. The lowest BCUT2D eigenvalue weighted by atomic mass is 10.0. The summed E-state index contributed by atoms with van der Waals surface area (Å²) < 4.78 is 5.80. The van der Waals surface area contributed by atoms with Crippen LogP contribution >= 0.6 is 0 Å². The van der Waals surface area contributed by atoms with Crippen molar-refractivity contribution in [2.45, 2.75) is 60.0 Å². The Kier molecular flexibility index (Phi) is 5.21. The topological polar surface area (TPSA) is 21.3 Å². The molecule has 0 saturated carbocycles. The molecule has 0 aliphatic carbocycles. The van der Waals surface area contributed by atoms with Crippen molar-refractivity contribution < 1.29 is 4.74 Å². The van der Waals surface area contributed by atoms with E-state index in [1.165, 1.54) is 16.7 Å². The fourth-order valence-corrected chi connectivity index (χ4v) is 1.94. The van der Waals surface area contributed by atoms with Crippen molar-refractivity contribution >= 4 is 0 Å². The first-order chi connectivity index (χ1) is 8.33. The second-order valence-electron chi connectivity index (χ2n) is 6.01. The van der Waals surface area contributed by atoms with Crippen LogP contribution in [0.1, 0.15) is 50.8 Å². The summed E-state index contributed by atoms with van der Waals surface area (Å²) >= 11 is 0. The van der Waals surface area contributed by atoms with Crippen LogP contribution in [0.5, 0.6) is 5.75 Å². The first kappa shape index (κ1) is 15.0. The molecule has 0 aromatic heterocycles. The lowest BCUT2D eigenvalue weighted by Crippen LogP contribution is -2.35. The normalized spacial score (nSPS) is 11.7. The van der Waals surface area contributed by atoms with E-state index in [1.54, 1.807) is 0 Å². The number of hydrogen-bond acceptors (Lipinski definition) is 2. The number of aryl methyl sites for hydroxylation is 2. The molecule has 0 bridgehead atoms. The zero-order valence-corrected chi connectivity index (χ0v) is 12.7. The summed E-state index contributed by atoms with van der Waals surface area (Å²) in [6.07, 6.45) is 1.05. The maximum Gasteiger partial charge on any atom is 0.125 e. The van der Waals surface area contributed by atoms with Gasteiger partial charge in [0, 0.05) is 12.1 Å². The molecule has 2 heteroatoms. The number of rotatable bonds is 5. The van der Waals surface area contributed by atoms with Crippen molar-refractivity contribution in [2.75, 3.05) is 6.61 Å². The van der Waals surface area contributed by atoms with Crippen molar-refractivity contribution in [1.29, 1.82) is 0 Å². The molecule has 0 spiro atoms. The highest BCUT2D eigenvalue weighted by Crippen LogP contribution is 2.25. The monoisotopic (exact) mass is 249 g/mol. The lowest BCUT2D eigenvalue weighted by Gasteiger charge is -2.21. The standard InChI is InChI=1S/C16H27NO/c1-7-8-18-15-12(2)9-14(10-13(15)3)11-17-16(4,5)6/h9-10,17H,7-8,11H2,1-6H3. The Hall–Kier alpha value is -1.02. The maximum absolute atomic E-state index is 5.80. The molecule has 0 amide bonds. The van der Waals surface area contributed by atoms with Crippen molar-refractivity contribution in [2.24, 2.45) is 0 Å². The van der Waals surface area contributed by atoms with Crippen molar-refractivity contribution in [3.05, 3.63) is 28.8 Å². The van der Waals surface area contributed by atoms with E-state index in [2.05, 4.69) is 59.0 Å². The van der Waals surface area contributed by atoms with Crippen LogP contribution in [-0.2, 0) is 6.54 Å². The van der Waals surface area contributed by atoms with E-state index in [-0.39, 0.29) is 5.54 Å². The minimum absolute atomic E-state index is 0.152. The zero-order valence-electron chi connectivity index (χ0n) is 12.7. The van der Waals surface area contributed by atoms with Gasteiger partial charge < -0.3 is 10.1 Å². The quantitative estimate of drug-likeness (QED) is 0.852. The Labute approximate surface area is 112 Å². The highest BCUT2D eigenvalue weighted by Gasteiger charge is 2.10. The Morgan fingerprint density at radius 1 is 1.11 bits per heavy atom. The van der Waals surface area contributed by atoms with Crippen molar-refractivity contribution in [3.8, 4) is 5.75 Å². The third-order valence-corrected chi connectivity index (χ3v) is 2.79. The number of hydrogen-bond donors (Lipinski definition) is 1. The van der Waals surface area contributed by atoms with Crippen LogP contribution in [0, 0.1) is 13.8 Å². The average molecular weight is 249 g/mol. The van der Waals surface area contributed by atoms with Crippen LogP contribution in [0.15, 0.2) is 12.1 Å². The molecule has 0 aliphatic rings. The second-order valence-corrected chi connectivity index (χ2v) is 6.01. The van der Waals surface area contributed by atoms with Crippen LogP contribution in [0.25, 0.3) is 0 Å². The molecule has 18 heavy (non-hydrogen) atoms. The number of nitrogens with one attached hydrogen (secondary N) is 1. The van der Waals surface area contributed by atoms with Gasteiger partial charge in [0.15, 0.2) is 0 Å². The molecule has 0 saturated heterocycles. The van der Waals surface area contributed by atoms with E-state index in [1.807, 2.05) is 0 Å². The second kappa shape index (κ2) is 6.24. The molecule has 102 valence electrons. The molecule has 0 fully saturated rings. The minimum atomic E-state index is 0.152. The van der Waals surface area contributed by atoms with Gasteiger partial charge in [-0.2, -0.15) is 0 Å². The fraction of sp³-hybridized carbons (Fsp3) is 0.625. The van der Waals surface area contributed by atoms with E-state index >= 15 is 0 Å². The van der Waals surface area contributed by atoms with Gasteiger partial charge in [-0.1, -0.05) is 19.1 Å². The maximum atomic E-state index is 5.80. The average Bonchev–Trinajstić information content (AvgIpc) is 2.24. The van der Waals surface area contributed by atoms with E-state index < -0.39 is 0 Å². The van der Waals surface area contributed by atoms with Gasteiger partial charge in [-0.05, 0) is 57.7 Å². The SMILES string of the molecule is CCCOc1c(C)cc(CNC(C)(C)C)cc1C. The van der Waals surface area contributed by atoms with Crippen LogP contribution < -0.4 is 10.1 Å². The van der Waals surface area contributed by atoms with Crippen molar-refractivity contribution in [3.63, 3.8) is 0 Å². The number of benzene rings is 1. The smallest absolute Gasteiger partial charge is 0.125 e. The Bertz CT molecular complexity index is 368. The highest BCUT2D eigenvalue weighted by molar-refractivity contribution is 5.43. The summed E-state index contributed by atoms with van der Waals surface area (Å²) in [5, 5.41) is 3.51. The highest BCUT2D eigenvalue weighted by atomic mass is 16.5. The van der Waals surface area contributed by atoms with E-state index in [0.717, 1.165) is 25.3 Å². The van der Waals surface area contributed by atoms with Gasteiger partial charge in [0.25, 0.3) is 0 Å². The van der Waals surface area contributed by atoms with Crippen LogP contribution in [-0.4, -0.2) is 12.1 Å². The van der Waals surface area contributed by atoms with E-state index in [9.17, 15) is 0 Å². The van der Waals surface area contributed by atoms with Gasteiger partial charge in [0.1, 0.15) is 5.75 Å².